The van der Waals surface area contributed by atoms with Crippen molar-refractivity contribution in [1.29, 1.82) is 0 Å². The van der Waals surface area contributed by atoms with Gasteiger partial charge in [0.1, 0.15) is 0 Å². The molecule has 6 heteroatoms. The van der Waals surface area contributed by atoms with E-state index in [1.165, 1.54) is 25.7 Å². The van der Waals surface area contributed by atoms with E-state index < -0.39 is 0 Å². The zero-order valence-electron chi connectivity index (χ0n) is 16.9. The highest BCUT2D eigenvalue weighted by Crippen LogP contribution is 2.40. The summed E-state index contributed by atoms with van der Waals surface area (Å²) in [6.07, 6.45) is 8.66. The van der Waals surface area contributed by atoms with E-state index in [2.05, 4.69) is 0 Å². The molecule has 150 valence electrons. The van der Waals surface area contributed by atoms with Gasteiger partial charge in [-0.3, -0.25) is 0 Å². The fraction of sp³-hybridized carbons (Fsp3) is 0.900. The topological polar surface area (TPSA) is 59.1 Å². The molecule has 0 saturated heterocycles. The Labute approximate surface area is 158 Å². The van der Waals surface area contributed by atoms with Gasteiger partial charge in [0.2, 0.25) is 0 Å². The summed E-state index contributed by atoms with van der Waals surface area (Å²) in [5, 5.41) is 0. The predicted molar refractivity (Wildman–Crippen MR) is 101 cm³/mol. The first-order valence-corrected chi connectivity index (χ1v) is 10.3. The molecule has 0 aliphatic heterocycles. The maximum absolute atomic E-state index is 11.9. The van der Waals surface area contributed by atoms with Crippen molar-refractivity contribution in [3.05, 3.63) is 0 Å². The molecule has 6 nitrogen and oxygen atoms in total. The van der Waals surface area contributed by atoms with E-state index in [9.17, 15) is 9.59 Å². The lowest BCUT2D eigenvalue weighted by Gasteiger charge is -2.41. The van der Waals surface area contributed by atoms with Crippen LogP contribution in [0.25, 0.3) is 0 Å². The summed E-state index contributed by atoms with van der Waals surface area (Å²) in [6.45, 7) is 4.56. The van der Waals surface area contributed by atoms with Gasteiger partial charge in [-0.2, -0.15) is 0 Å². The molecule has 2 aliphatic carbocycles. The van der Waals surface area contributed by atoms with Crippen LogP contribution in [0.15, 0.2) is 0 Å². The molecule has 26 heavy (non-hydrogen) atoms. The van der Waals surface area contributed by atoms with E-state index >= 15 is 0 Å². The number of ether oxygens (including phenoxy) is 2. The Hall–Kier alpha value is -1.46. The normalized spacial score (nSPS) is 28.9. The standard InChI is InChI=1S/C20H36N2O4/c1-5-25-19(23)21(3)17-11-7-15(8-12-17)16-9-13-18(14-10-16)22(4)20(24)26-6-2/h15-18H,5-14H2,1-4H3. The van der Waals surface area contributed by atoms with E-state index in [4.69, 9.17) is 9.47 Å². The zero-order chi connectivity index (χ0) is 19.1. The number of hydrogen-bond acceptors (Lipinski definition) is 4. The highest BCUT2D eigenvalue weighted by atomic mass is 16.6. The average molecular weight is 369 g/mol. The summed E-state index contributed by atoms with van der Waals surface area (Å²) in [7, 11) is 3.72. The van der Waals surface area contributed by atoms with Crippen LogP contribution in [-0.2, 0) is 9.47 Å². The molecule has 0 N–H and O–H groups in total. The summed E-state index contributed by atoms with van der Waals surface area (Å²) in [5.41, 5.74) is 0. The van der Waals surface area contributed by atoms with Crippen molar-refractivity contribution in [2.45, 2.75) is 77.3 Å². The molecule has 0 atom stereocenters. The minimum absolute atomic E-state index is 0.196. The average Bonchev–Trinajstić information content (AvgIpc) is 2.67. The van der Waals surface area contributed by atoms with Gasteiger partial charge in [-0.25, -0.2) is 9.59 Å². The summed E-state index contributed by atoms with van der Waals surface area (Å²) in [4.78, 5) is 27.3. The van der Waals surface area contributed by atoms with Gasteiger partial charge in [0.15, 0.2) is 0 Å². The van der Waals surface area contributed by atoms with E-state index in [0.717, 1.165) is 37.5 Å². The molecular weight excluding hydrogens is 332 g/mol. The Morgan fingerprint density at radius 1 is 0.692 bits per heavy atom. The van der Waals surface area contributed by atoms with Crippen LogP contribution in [0.5, 0.6) is 0 Å². The first-order chi connectivity index (χ1) is 12.5. The molecule has 0 bridgehead atoms. The third-order valence-electron chi connectivity index (χ3n) is 6.36. The molecule has 2 aliphatic rings. The second-order valence-corrected chi connectivity index (χ2v) is 7.76. The second kappa shape index (κ2) is 10.0. The molecule has 0 aromatic heterocycles. The lowest BCUT2D eigenvalue weighted by Crippen LogP contribution is -2.42. The van der Waals surface area contributed by atoms with Gasteiger partial charge in [0.25, 0.3) is 0 Å². The molecule has 0 radical (unpaired) electrons. The van der Waals surface area contributed by atoms with Gasteiger partial charge in [-0.05, 0) is 77.0 Å². The first-order valence-electron chi connectivity index (χ1n) is 10.3. The molecule has 2 amide bonds. The third-order valence-corrected chi connectivity index (χ3v) is 6.36. The smallest absolute Gasteiger partial charge is 0.409 e. The van der Waals surface area contributed by atoms with Crippen molar-refractivity contribution in [1.82, 2.24) is 9.80 Å². The van der Waals surface area contributed by atoms with Crippen LogP contribution in [0.2, 0.25) is 0 Å². The number of carbonyl (C=O) groups excluding carboxylic acids is 2. The quantitative estimate of drug-likeness (QED) is 0.727. The number of amides is 2. The highest BCUT2D eigenvalue weighted by Gasteiger charge is 2.34. The van der Waals surface area contributed by atoms with Gasteiger partial charge >= 0.3 is 12.2 Å². The molecule has 0 aromatic carbocycles. The Morgan fingerprint density at radius 2 is 1.00 bits per heavy atom. The predicted octanol–water partition coefficient (Wildman–Crippen LogP) is 4.28. The van der Waals surface area contributed by atoms with Crippen LogP contribution in [0.3, 0.4) is 0 Å². The zero-order valence-corrected chi connectivity index (χ0v) is 16.9. The Morgan fingerprint density at radius 3 is 1.27 bits per heavy atom. The van der Waals surface area contributed by atoms with E-state index in [-0.39, 0.29) is 12.2 Å². The Balaban J connectivity index is 1.74. The number of rotatable bonds is 5. The fourth-order valence-electron chi connectivity index (χ4n) is 4.67. The molecule has 0 heterocycles. The largest absolute Gasteiger partial charge is 0.450 e. The van der Waals surface area contributed by atoms with Gasteiger partial charge in [-0.1, -0.05) is 0 Å². The monoisotopic (exact) mass is 368 g/mol. The van der Waals surface area contributed by atoms with Crippen molar-refractivity contribution in [3.63, 3.8) is 0 Å². The lowest BCUT2D eigenvalue weighted by molar-refractivity contribution is 0.0667. The summed E-state index contributed by atoms with van der Waals surface area (Å²) >= 11 is 0. The molecular formula is C20H36N2O4. The van der Waals surface area contributed by atoms with Crippen molar-refractivity contribution < 1.29 is 19.1 Å². The van der Waals surface area contributed by atoms with E-state index in [1.54, 1.807) is 9.80 Å². The van der Waals surface area contributed by atoms with Gasteiger partial charge in [0, 0.05) is 26.2 Å². The van der Waals surface area contributed by atoms with Crippen molar-refractivity contribution >= 4 is 12.2 Å². The van der Waals surface area contributed by atoms with Crippen molar-refractivity contribution in [2.75, 3.05) is 27.3 Å². The van der Waals surface area contributed by atoms with Crippen molar-refractivity contribution in [2.24, 2.45) is 11.8 Å². The molecule has 0 unspecified atom stereocenters. The Kier molecular flexibility index (Phi) is 8.04. The molecule has 2 rings (SSSR count). The van der Waals surface area contributed by atoms with Crippen LogP contribution < -0.4 is 0 Å². The van der Waals surface area contributed by atoms with Crippen LogP contribution >= 0.6 is 0 Å². The van der Waals surface area contributed by atoms with Gasteiger partial charge in [0.05, 0.1) is 13.2 Å². The molecule has 2 saturated carbocycles. The lowest BCUT2D eigenvalue weighted by atomic mass is 9.71. The highest BCUT2D eigenvalue weighted by molar-refractivity contribution is 5.68. The first kappa shape index (κ1) is 20.8. The van der Waals surface area contributed by atoms with Crippen LogP contribution in [0, 0.1) is 11.8 Å². The van der Waals surface area contributed by atoms with Gasteiger partial charge < -0.3 is 19.3 Å². The maximum atomic E-state index is 11.9. The summed E-state index contributed by atoms with van der Waals surface area (Å²) in [5.74, 6) is 1.52. The maximum Gasteiger partial charge on any atom is 0.409 e. The number of nitrogens with zero attached hydrogens (tertiary/aromatic N) is 2. The third kappa shape index (κ3) is 5.27. The van der Waals surface area contributed by atoms with Crippen LogP contribution in [0.1, 0.15) is 65.2 Å². The minimum Gasteiger partial charge on any atom is -0.450 e. The summed E-state index contributed by atoms with van der Waals surface area (Å²) in [6, 6.07) is 0.633. The van der Waals surface area contributed by atoms with Gasteiger partial charge in [-0.15, -0.1) is 0 Å². The second-order valence-electron chi connectivity index (χ2n) is 7.76. The minimum atomic E-state index is -0.196. The summed E-state index contributed by atoms with van der Waals surface area (Å²) < 4.78 is 10.2. The molecule has 0 spiro atoms. The number of hydrogen-bond donors (Lipinski definition) is 0. The fourth-order valence-corrected chi connectivity index (χ4v) is 4.67. The van der Waals surface area contributed by atoms with Crippen LogP contribution in [-0.4, -0.2) is 61.4 Å². The molecule has 0 aromatic rings. The van der Waals surface area contributed by atoms with Crippen LogP contribution in [0.4, 0.5) is 9.59 Å². The number of carbonyl (C=O) groups is 2. The molecule has 2 fully saturated rings. The van der Waals surface area contributed by atoms with Crippen molar-refractivity contribution in [3.8, 4) is 0 Å². The van der Waals surface area contributed by atoms with E-state index in [1.807, 2.05) is 27.9 Å². The SMILES string of the molecule is CCOC(=O)N(C)C1CCC(C2CCC(N(C)C(=O)OCC)CC2)CC1. The Bertz CT molecular complexity index is 413. The van der Waals surface area contributed by atoms with E-state index in [0.29, 0.717) is 25.3 Å².